The summed E-state index contributed by atoms with van der Waals surface area (Å²) < 4.78 is 5.78. The third kappa shape index (κ3) is 3.66. The van der Waals surface area contributed by atoms with Gasteiger partial charge >= 0.3 is 0 Å². The Kier molecular flexibility index (Phi) is 6.35. The second-order valence-corrected chi connectivity index (χ2v) is 12.4. The van der Waals surface area contributed by atoms with Crippen LogP contribution >= 0.6 is 0 Å². The van der Waals surface area contributed by atoms with Crippen molar-refractivity contribution in [1.29, 1.82) is 0 Å². The van der Waals surface area contributed by atoms with Crippen molar-refractivity contribution in [2.75, 3.05) is 7.11 Å². The maximum Gasteiger partial charge on any atom is 0.0574 e. The molecule has 8 atom stereocenters. The van der Waals surface area contributed by atoms with Crippen LogP contribution in [-0.2, 0) is 4.74 Å². The highest BCUT2D eigenvalue weighted by Gasteiger charge is 2.55. The van der Waals surface area contributed by atoms with Crippen molar-refractivity contribution < 1.29 is 4.74 Å². The molecule has 2 fully saturated rings. The minimum Gasteiger partial charge on any atom is -0.381 e. The Morgan fingerprint density at radius 2 is 1.70 bits per heavy atom. The Labute approximate surface area is 187 Å². The highest BCUT2D eigenvalue weighted by atomic mass is 16.5. The lowest BCUT2D eigenvalue weighted by atomic mass is 9.50. The Bertz CT molecular complexity index is 686. The molecule has 1 nitrogen and oxygen atoms in total. The molecule has 0 aromatic carbocycles. The van der Waals surface area contributed by atoms with Crippen LogP contribution in [0.4, 0.5) is 0 Å². The molecule has 0 aromatic heterocycles. The van der Waals surface area contributed by atoms with Gasteiger partial charge in [-0.25, -0.2) is 0 Å². The van der Waals surface area contributed by atoms with E-state index < -0.39 is 0 Å². The standard InChI is InChI=1S/C29H48O/c1-19(2)20(3)8-9-21(4)25-12-13-26-24-11-10-22-18-23(30-7)14-16-28(22,5)27(24)15-17-29(25,26)6/h8-9,19-23,25-26H,10-18H2,1-7H3/b9-8+/t20-,21+,22-,23+,25+,26-,28-,29+/m0/s1. The zero-order valence-corrected chi connectivity index (χ0v) is 21.0. The summed E-state index contributed by atoms with van der Waals surface area (Å²) in [4.78, 5) is 0. The van der Waals surface area contributed by atoms with Gasteiger partial charge in [-0.2, -0.15) is 0 Å². The molecule has 4 rings (SSSR count). The smallest absolute Gasteiger partial charge is 0.0574 e. The van der Waals surface area contributed by atoms with Gasteiger partial charge in [0.15, 0.2) is 0 Å². The molecule has 1 heteroatoms. The van der Waals surface area contributed by atoms with Gasteiger partial charge in [0, 0.05) is 7.11 Å². The molecule has 0 aliphatic heterocycles. The molecule has 4 aliphatic carbocycles. The summed E-state index contributed by atoms with van der Waals surface area (Å²) in [5.74, 6) is 4.73. The van der Waals surface area contributed by atoms with Gasteiger partial charge in [-0.3, -0.25) is 0 Å². The van der Waals surface area contributed by atoms with Crippen LogP contribution in [-0.4, -0.2) is 13.2 Å². The summed E-state index contributed by atoms with van der Waals surface area (Å²) in [5.41, 5.74) is 4.86. The van der Waals surface area contributed by atoms with E-state index in [2.05, 4.69) is 53.7 Å². The molecule has 0 amide bonds. The molecule has 4 aliphatic rings. The molecule has 170 valence electrons. The lowest BCUT2D eigenvalue weighted by Crippen LogP contribution is -2.45. The predicted octanol–water partition coefficient (Wildman–Crippen LogP) is 8.21. The zero-order valence-electron chi connectivity index (χ0n) is 21.0. The van der Waals surface area contributed by atoms with E-state index in [0.717, 1.165) is 23.7 Å². The highest BCUT2D eigenvalue weighted by molar-refractivity contribution is 5.34. The van der Waals surface area contributed by atoms with Crippen LogP contribution in [0, 0.1) is 46.3 Å². The second-order valence-electron chi connectivity index (χ2n) is 12.4. The topological polar surface area (TPSA) is 9.23 Å². The zero-order chi connectivity index (χ0) is 21.7. The van der Waals surface area contributed by atoms with E-state index in [1.54, 1.807) is 0 Å². The van der Waals surface area contributed by atoms with E-state index >= 15 is 0 Å². The molecule has 0 N–H and O–H groups in total. The molecule has 0 spiro atoms. The van der Waals surface area contributed by atoms with Crippen molar-refractivity contribution in [2.45, 2.75) is 105 Å². The molecular formula is C29H48O. The van der Waals surface area contributed by atoms with Gasteiger partial charge in [-0.15, -0.1) is 0 Å². The monoisotopic (exact) mass is 412 g/mol. The predicted molar refractivity (Wildman–Crippen MR) is 128 cm³/mol. The SMILES string of the molecule is CO[C@@H]1CC[C@]2(C)C3=C(CC[C@H]2C1)[C@@H]1CC[C@H]([C@H](C)/C=C/[C@H](C)C(C)C)[C@@]1(C)CC3. The number of allylic oxidation sites excluding steroid dienone is 4. The van der Waals surface area contributed by atoms with Crippen molar-refractivity contribution >= 4 is 0 Å². The third-order valence-corrected chi connectivity index (χ3v) is 10.8. The Hall–Kier alpha value is -0.560. The van der Waals surface area contributed by atoms with Gasteiger partial charge in [0.25, 0.3) is 0 Å². The van der Waals surface area contributed by atoms with Crippen molar-refractivity contribution in [3.63, 3.8) is 0 Å². The lowest BCUT2D eigenvalue weighted by Gasteiger charge is -2.55. The van der Waals surface area contributed by atoms with Crippen LogP contribution in [0.2, 0.25) is 0 Å². The molecule has 0 heterocycles. The van der Waals surface area contributed by atoms with Crippen LogP contribution in [0.1, 0.15) is 99.3 Å². The number of hydrogen-bond acceptors (Lipinski definition) is 1. The molecular weight excluding hydrogens is 364 g/mol. The van der Waals surface area contributed by atoms with Gasteiger partial charge in [-0.05, 0) is 104 Å². The van der Waals surface area contributed by atoms with Crippen LogP contribution in [0.3, 0.4) is 0 Å². The second kappa shape index (κ2) is 8.42. The summed E-state index contributed by atoms with van der Waals surface area (Å²) in [6.45, 7) is 14.9. The number of rotatable bonds is 5. The van der Waals surface area contributed by atoms with Crippen LogP contribution < -0.4 is 0 Å². The van der Waals surface area contributed by atoms with Gasteiger partial charge in [0.05, 0.1) is 6.10 Å². The van der Waals surface area contributed by atoms with E-state index in [9.17, 15) is 0 Å². The van der Waals surface area contributed by atoms with Crippen molar-refractivity contribution in [1.82, 2.24) is 0 Å². The normalized spacial score (nSPS) is 43.5. The molecule has 0 radical (unpaired) electrons. The first-order chi connectivity index (χ1) is 14.2. The molecule has 0 aromatic rings. The highest BCUT2D eigenvalue weighted by Crippen LogP contribution is 2.65. The number of hydrogen-bond donors (Lipinski definition) is 0. The maximum absolute atomic E-state index is 5.78. The minimum atomic E-state index is 0.472. The fraction of sp³-hybridized carbons (Fsp3) is 0.862. The number of fused-ring (bicyclic) bond motifs is 4. The summed E-state index contributed by atoms with van der Waals surface area (Å²) in [5, 5.41) is 0. The van der Waals surface area contributed by atoms with Gasteiger partial charge in [0.2, 0.25) is 0 Å². The van der Waals surface area contributed by atoms with E-state index in [-0.39, 0.29) is 0 Å². The van der Waals surface area contributed by atoms with Crippen molar-refractivity contribution in [2.24, 2.45) is 46.3 Å². The first-order valence-corrected chi connectivity index (χ1v) is 13.1. The Balaban J connectivity index is 1.55. The fourth-order valence-corrected chi connectivity index (χ4v) is 8.25. The van der Waals surface area contributed by atoms with E-state index in [1.165, 1.54) is 57.8 Å². The van der Waals surface area contributed by atoms with Gasteiger partial charge in [-0.1, -0.05) is 64.8 Å². The van der Waals surface area contributed by atoms with Crippen LogP contribution in [0.15, 0.2) is 23.3 Å². The Morgan fingerprint density at radius 3 is 2.40 bits per heavy atom. The molecule has 30 heavy (non-hydrogen) atoms. The Morgan fingerprint density at radius 1 is 0.933 bits per heavy atom. The third-order valence-electron chi connectivity index (χ3n) is 10.8. The first kappa shape index (κ1) is 22.6. The van der Waals surface area contributed by atoms with Gasteiger partial charge < -0.3 is 4.74 Å². The quantitative estimate of drug-likeness (QED) is 0.413. The van der Waals surface area contributed by atoms with Crippen molar-refractivity contribution in [3.8, 4) is 0 Å². The maximum atomic E-state index is 5.78. The summed E-state index contributed by atoms with van der Waals surface area (Å²) in [6, 6.07) is 0. The van der Waals surface area contributed by atoms with Crippen molar-refractivity contribution in [3.05, 3.63) is 23.3 Å². The average Bonchev–Trinajstić information content (AvgIpc) is 3.08. The fourth-order valence-electron chi connectivity index (χ4n) is 8.25. The molecule has 2 saturated carbocycles. The average molecular weight is 413 g/mol. The minimum absolute atomic E-state index is 0.472. The van der Waals surface area contributed by atoms with Crippen LogP contribution in [0.5, 0.6) is 0 Å². The number of ether oxygens (including phenoxy) is 1. The molecule has 0 bridgehead atoms. The first-order valence-electron chi connectivity index (χ1n) is 13.1. The summed E-state index contributed by atoms with van der Waals surface area (Å²) in [7, 11) is 1.92. The summed E-state index contributed by atoms with van der Waals surface area (Å²) in [6.07, 6.45) is 18.0. The van der Waals surface area contributed by atoms with Crippen LogP contribution in [0.25, 0.3) is 0 Å². The molecule has 0 unspecified atom stereocenters. The molecule has 0 saturated heterocycles. The van der Waals surface area contributed by atoms with E-state index in [1.807, 2.05) is 18.3 Å². The number of methoxy groups -OCH3 is 1. The largest absolute Gasteiger partial charge is 0.381 e. The van der Waals surface area contributed by atoms with Gasteiger partial charge in [0.1, 0.15) is 0 Å². The van der Waals surface area contributed by atoms with E-state index in [0.29, 0.717) is 28.8 Å². The summed E-state index contributed by atoms with van der Waals surface area (Å²) >= 11 is 0. The lowest BCUT2D eigenvalue weighted by molar-refractivity contribution is -0.00885. The van der Waals surface area contributed by atoms with E-state index in [4.69, 9.17) is 4.74 Å².